The molecule has 2 heterocycles. The van der Waals surface area contributed by atoms with Crippen LogP contribution in [0.2, 0.25) is 0 Å². The summed E-state index contributed by atoms with van der Waals surface area (Å²) in [6.45, 7) is 10.3. The van der Waals surface area contributed by atoms with Crippen LogP contribution in [0.25, 0.3) is 11.0 Å². The molecule has 0 saturated carbocycles. The lowest BCUT2D eigenvalue weighted by Crippen LogP contribution is -1.93. The highest BCUT2D eigenvalue weighted by atomic mass is 32.1. The van der Waals surface area contributed by atoms with E-state index in [1.807, 2.05) is 27.0 Å². The van der Waals surface area contributed by atoms with Crippen molar-refractivity contribution in [3.63, 3.8) is 0 Å². The fourth-order valence-electron chi connectivity index (χ4n) is 1.33. The monoisotopic (exact) mass is 223 g/mol. The van der Waals surface area contributed by atoms with Gasteiger partial charge in [-0.05, 0) is 12.8 Å². The van der Waals surface area contributed by atoms with Crippen LogP contribution in [0.1, 0.15) is 44.9 Å². The highest BCUT2D eigenvalue weighted by Crippen LogP contribution is 2.24. The molecule has 0 saturated heterocycles. The van der Waals surface area contributed by atoms with E-state index in [2.05, 4.69) is 27.6 Å². The highest BCUT2D eigenvalue weighted by molar-refractivity contribution is 7.00. The van der Waals surface area contributed by atoms with Gasteiger partial charge in [0.05, 0.1) is 17.4 Å². The number of hydrogen-bond acceptors (Lipinski definition) is 4. The first kappa shape index (κ1) is 12.0. The Kier molecular flexibility index (Phi) is 4.15. The summed E-state index contributed by atoms with van der Waals surface area (Å²) < 4.78 is 8.52. The summed E-state index contributed by atoms with van der Waals surface area (Å²) >= 11 is 1.26. The van der Waals surface area contributed by atoms with E-state index in [9.17, 15) is 0 Å². The van der Waals surface area contributed by atoms with E-state index in [1.165, 1.54) is 17.3 Å². The topological polar surface area (TPSA) is 38.7 Å². The minimum Gasteiger partial charge on any atom is -0.259 e. The quantitative estimate of drug-likeness (QED) is 0.742. The van der Waals surface area contributed by atoms with Crippen LogP contribution in [0, 0.1) is 6.92 Å². The van der Waals surface area contributed by atoms with Crippen LogP contribution >= 0.6 is 11.7 Å². The fraction of sp³-hybridized carbons (Fsp3) is 0.545. The second kappa shape index (κ2) is 5.16. The van der Waals surface area contributed by atoms with Crippen LogP contribution in [0.5, 0.6) is 0 Å². The van der Waals surface area contributed by atoms with E-state index >= 15 is 0 Å². The number of nitrogens with zero attached hydrogens (tertiary/aromatic N) is 3. The minimum absolute atomic E-state index is 0.458. The molecule has 3 nitrogen and oxygen atoms in total. The molecule has 0 aliphatic carbocycles. The molecular weight excluding hydrogens is 206 g/mol. The maximum absolute atomic E-state index is 4.30. The van der Waals surface area contributed by atoms with E-state index < -0.39 is 0 Å². The lowest BCUT2D eigenvalue weighted by Gasteiger charge is -2.05. The van der Waals surface area contributed by atoms with Gasteiger partial charge in [0.25, 0.3) is 0 Å². The summed E-state index contributed by atoms with van der Waals surface area (Å²) in [4.78, 5) is 4.30. The predicted molar refractivity (Wildman–Crippen MR) is 65.4 cm³/mol. The Bertz CT molecular complexity index is 434. The molecule has 4 heteroatoms. The summed E-state index contributed by atoms with van der Waals surface area (Å²) in [5.41, 5.74) is 4.13. The number of aryl methyl sites for hydroxylation is 1. The number of fused-ring (bicyclic) bond motifs is 1. The molecule has 15 heavy (non-hydrogen) atoms. The Morgan fingerprint density at radius 3 is 2.33 bits per heavy atom. The van der Waals surface area contributed by atoms with Crippen molar-refractivity contribution in [2.75, 3.05) is 0 Å². The van der Waals surface area contributed by atoms with Crippen LogP contribution in [0.3, 0.4) is 0 Å². The van der Waals surface area contributed by atoms with Gasteiger partial charge in [-0.1, -0.05) is 27.7 Å². The van der Waals surface area contributed by atoms with E-state index in [0.29, 0.717) is 5.92 Å². The zero-order chi connectivity index (χ0) is 11.4. The van der Waals surface area contributed by atoms with Crippen LogP contribution in [0.4, 0.5) is 0 Å². The molecular formula is C11H17N3S. The molecule has 0 bridgehead atoms. The zero-order valence-corrected chi connectivity index (χ0v) is 10.7. The first-order valence-corrected chi connectivity index (χ1v) is 6.01. The van der Waals surface area contributed by atoms with Crippen molar-refractivity contribution >= 4 is 22.8 Å². The summed E-state index contributed by atoms with van der Waals surface area (Å²) in [5.74, 6) is 0.458. The average molecular weight is 223 g/mol. The molecule has 0 aromatic carbocycles. The second-order valence-electron chi connectivity index (χ2n) is 3.42. The van der Waals surface area contributed by atoms with Gasteiger partial charge in [-0.25, -0.2) is 0 Å². The van der Waals surface area contributed by atoms with Gasteiger partial charge in [-0.2, -0.15) is 8.75 Å². The fourth-order valence-corrected chi connectivity index (χ4v) is 1.94. The normalized spacial score (nSPS) is 10.3. The van der Waals surface area contributed by atoms with Crippen molar-refractivity contribution in [3.05, 3.63) is 17.5 Å². The summed E-state index contributed by atoms with van der Waals surface area (Å²) in [7, 11) is 0. The van der Waals surface area contributed by atoms with E-state index in [-0.39, 0.29) is 0 Å². The molecule has 2 aromatic heterocycles. The molecule has 2 aromatic rings. The lowest BCUT2D eigenvalue weighted by atomic mass is 10.0. The van der Waals surface area contributed by atoms with Crippen LogP contribution in [-0.4, -0.2) is 13.7 Å². The molecule has 2 rings (SSSR count). The highest BCUT2D eigenvalue weighted by Gasteiger charge is 2.10. The number of pyridine rings is 1. The molecule has 0 radical (unpaired) electrons. The molecule has 82 valence electrons. The third kappa shape index (κ3) is 2.31. The molecule has 0 N–H and O–H groups in total. The Hall–Kier alpha value is -1.03. The Morgan fingerprint density at radius 2 is 1.73 bits per heavy atom. The maximum Gasteiger partial charge on any atom is 0.126 e. The first-order chi connectivity index (χ1) is 7.20. The van der Waals surface area contributed by atoms with Gasteiger partial charge in [0, 0.05) is 11.8 Å². The third-order valence-electron chi connectivity index (χ3n) is 2.12. The number of hydrogen-bond donors (Lipinski definition) is 0. The van der Waals surface area contributed by atoms with Crippen LogP contribution < -0.4 is 0 Å². The van der Waals surface area contributed by atoms with Gasteiger partial charge in [0.2, 0.25) is 0 Å². The second-order valence-corrected chi connectivity index (χ2v) is 3.94. The maximum atomic E-state index is 4.30. The van der Waals surface area contributed by atoms with Crippen molar-refractivity contribution in [1.82, 2.24) is 13.7 Å². The molecule has 0 atom stereocenters. The van der Waals surface area contributed by atoms with Gasteiger partial charge in [-0.3, -0.25) is 4.98 Å². The standard InChI is InChI=1S/C9H11N3S.C2H6/c1-5(2)7-4-10-6(3)8-9(7)12-13-11-8;1-2/h4-5H,1-3H3;1-2H3. The van der Waals surface area contributed by atoms with E-state index in [0.717, 1.165) is 16.7 Å². The smallest absolute Gasteiger partial charge is 0.126 e. The van der Waals surface area contributed by atoms with Crippen molar-refractivity contribution in [2.45, 2.75) is 40.5 Å². The van der Waals surface area contributed by atoms with Crippen molar-refractivity contribution in [2.24, 2.45) is 0 Å². The van der Waals surface area contributed by atoms with E-state index in [1.54, 1.807) is 0 Å². The molecule has 0 amide bonds. The largest absolute Gasteiger partial charge is 0.259 e. The minimum atomic E-state index is 0.458. The van der Waals surface area contributed by atoms with Gasteiger partial charge in [0.1, 0.15) is 11.0 Å². The SMILES string of the molecule is CC.Cc1ncc(C(C)C)c2nsnc12. The third-order valence-corrected chi connectivity index (χ3v) is 2.65. The van der Waals surface area contributed by atoms with Gasteiger partial charge in [0.15, 0.2) is 0 Å². The van der Waals surface area contributed by atoms with Gasteiger partial charge >= 0.3 is 0 Å². The van der Waals surface area contributed by atoms with Gasteiger partial charge in [-0.15, -0.1) is 0 Å². The molecule has 0 aliphatic rings. The summed E-state index contributed by atoms with van der Waals surface area (Å²) in [5, 5.41) is 0. The summed E-state index contributed by atoms with van der Waals surface area (Å²) in [6.07, 6.45) is 1.91. The summed E-state index contributed by atoms with van der Waals surface area (Å²) in [6, 6.07) is 0. The van der Waals surface area contributed by atoms with Crippen molar-refractivity contribution < 1.29 is 0 Å². The van der Waals surface area contributed by atoms with Crippen LogP contribution in [-0.2, 0) is 0 Å². The molecule has 0 aliphatic heterocycles. The van der Waals surface area contributed by atoms with Gasteiger partial charge < -0.3 is 0 Å². The Balaban J connectivity index is 0.000000531. The molecule has 0 fully saturated rings. The molecule has 0 unspecified atom stereocenters. The Labute approximate surface area is 94.9 Å². The average Bonchev–Trinajstić information content (AvgIpc) is 2.70. The van der Waals surface area contributed by atoms with Crippen LogP contribution in [0.15, 0.2) is 6.20 Å². The number of rotatable bonds is 1. The zero-order valence-electron chi connectivity index (χ0n) is 9.90. The number of aromatic nitrogens is 3. The lowest BCUT2D eigenvalue weighted by molar-refractivity contribution is 0.864. The van der Waals surface area contributed by atoms with E-state index in [4.69, 9.17) is 0 Å². The van der Waals surface area contributed by atoms with Crippen molar-refractivity contribution in [3.8, 4) is 0 Å². The first-order valence-electron chi connectivity index (χ1n) is 5.28. The predicted octanol–water partition coefficient (Wildman–Crippen LogP) is 3.54. The van der Waals surface area contributed by atoms with Crippen molar-refractivity contribution in [1.29, 1.82) is 0 Å². The molecule has 0 spiro atoms. The Morgan fingerprint density at radius 1 is 1.13 bits per heavy atom.